The monoisotopic (exact) mass is 293 g/mol. The second-order valence-corrected chi connectivity index (χ2v) is 6.31. The predicted octanol–water partition coefficient (Wildman–Crippen LogP) is 2.41. The molecular formula is C16H23NO2S. The van der Waals surface area contributed by atoms with Gasteiger partial charge in [0.05, 0.1) is 5.92 Å². The molecule has 1 aromatic rings. The summed E-state index contributed by atoms with van der Waals surface area (Å²) < 4.78 is 0. The zero-order valence-corrected chi connectivity index (χ0v) is 12.7. The van der Waals surface area contributed by atoms with Gasteiger partial charge in [-0.05, 0) is 37.0 Å². The van der Waals surface area contributed by atoms with Gasteiger partial charge < -0.3 is 10.4 Å². The van der Waals surface area contributed by atoms with E-state index in [0.717, 1.165) is 24.2 Å². The number of hydrogen-bond acceptors (Lipinski definition) is 3. The molecule has 0 spiro atoms. The third kappa shape index (κ3) is 4.25. The van der Waals surface area contributed by atoms with Gasteiger partial charge in [-0.1, -0.05) is 30.3 Å². The number of carbonyl (C=O) groups excluding carboxylic acids is 1. The molecule has 0 aromatic heterocycles. The lowest BCUT2D eigenvalue weighted by Crippen LogP contribution is -2.40. The average molecular weight is 293 g/mol. The maximum atomic E-state index is 12.6. The number of hydrogen-bond donors (Lipinski definition) is 2. The number of aliphatic hydroxyl groups excluding tert-OH is 1. The van der Waals surface area contributed by atoms with Crippen molar-refractivity contribution >= 4 is 17.7 Å². The summed E-state index contributed by atoms with van der Waals surface area (Å²) in [5, 5.41) is 12.2. The van der Waals surface area contributed by atoms with E-state index in [9.17, 15) is 4.79 Å². The van der Waals surface area contributed by atoms with Crippen LogP contribution in [0.4, 0.5) is 0 Å². The van der Waals surface area contributed by atoms with E-state index < -0.39 is 0 Å². The Morgan fingerprint density at radius 1 is 1.40 bits per heavy atom. The molecule has 0 bridgehead atoms. The third-order valence-corrected chi connectivity index (χ3v) is 4.46. The molecule has 0 aliphatic heterocycles. The van der Waals surface area contributed by atoms with Crippen LogP contribution < -0.4 is 5.32 Å². The van der Waals surface area contributed by atoms with Gasteiger partial charge in [-0.3, -0.25) is 4.79 Å². The van der Waals surface area contributed by atoms with Gasteiger partial charge in [-0.2, -0.15) is 11.8 Å². The minimum absolute atomic E-state index is 0.0285. The molecule has 0 saturated heterocycles. The number of aliphatic hydroxyl groups is 1. The van der Waals surface area contributed by atoms with Crippen LogP contribution in [0.1, 0.15) is 30.7 Å². The Morgan fingerprint density at radius 2 is 2.10 bits per heavy atom. The summed E-state index contributed by atoms with van der Waals surface area (Å²) in [7, 11) is 0. The van der Waals surface area contributed by atoms with Crippen molar-refractivity contribution in [3.8, 4) is 0 Å². The van der Waals surface area contributed by atoms with Gasteiger partial charge in [-0.15, -0.1) is 0 Å². The Hall–Kier alpha value is -1.00. The van der Waals surface area contributed by atoms with Crippen molar-refractivity contribution in [1.29, 1.82) is 0 Å². The summed E-state index contributed by atoms with van der Waals surface area (Å²) in [6.07, 6.45) is 4.92. The molecular weight excluding hydrogens is 270 g/mol. The van der Waals surface area contributed by atoms with Crippen molar-refractivity contribution in [2.75, 3.05) is 18.6 Å². The highest BCUT2D eigenvalue weighted by atomic mass is 32.2. The first kappa shape index (κ1) is 15.4. The number of rotatable bonds is 8. The molecule has 0 radical (unpaired) electrons. The van der Waals surface area contributed by atoms with Gasteiger partial charge in [0.15, 0.2) is 0 Å². The summed E-state index contributed by atoms with van der Waals surface area (Å²) in [6, 6.07) is 10.1. The molecule has 1 fully saturated rings. The Morgan fingerprint density at radius 3 is 2.65 bits per heavy atom. The van der Waals surface area contributed by atoms with Gasteiger partial charge in [0, 0.05) is 18.4 Å². The summed E-state index contributed by atoms with van der Waals surface area (Å²) in [6.45, 7) is 0.116. The molecule has 1 aliphatic rings. The van der Waals surface area contributed by atoms with Gasteiger partial charge in [-0.25, -0.2) is 0 Å². The smallest absolute Gasteiger partial charge is 0.228 e. The van der Waals surface area contributed by atoms with E-state index in [2.05, 4.69) is 5.32 Å². The van der Waals surface area contributed by atoms with E-state index in [1.165, 1.54) is 0 Å². The lowest BCUT2D eigenvalue weighted by atomic mass is 9.93. The zero-order valence-electron chi connectivity index (χ0n) is 11.9. The van der Waals surface area contributed by atoms with E-state index in [-0.39, 0.29) is 24.5 Å². The number of nitrogens with one attached hydrogen (secondary N) is 1. The molecule has 1 amide bonds. The molecule has 1 aliphatic carbocycles. The highest BCUT2D eigenvalue weighted by Gasteiger charge is 2.37. The van der Waals surface area contributed by atoms with Crippen LogP contribution >= 0.6 is 11.8 Å². The summed E-state index contributed by atoms with van der Waals surface area (Å²) in [5.41, 5.74) is 1.11. The van der Waals surface area contributed by atoms with Crippen molar-refractivity contribution in [2.45, 2.75) is 31.2 Å². The van der Waals surface area contributed by atoms with Crippen LogP contribution in [0.3, 0.4) is 0 Å². The SMILES string of the molecule is CSCC(CCO)NC(=O)C(c1ccccc1)C1CC1. The number of amides is 1. The Bertz CT molecular complexity index is 414. The molecule has 110 valence electrons. The van der Waals surface area contributed by atoms with E-state index in [1.807, 2.05) is 36.6 Å². The Kier molecular flexibility index (Phi) is 5.92. The van der Waals surface area contributed by atoms with E-state index in [0.29, 0.717) is 12.3 Å². The molecule has 20 heavy (non-hydrogen) atoms. The molecule has 0 heterocycles. The van der Waals surface area contributed by atoms with E-state index in [1.54, 1.807) is 11.8 Å². The maximum absolute atomic E-state index is 12.6. The fourth-order valence-electron chi connectivity index (χ4n) is 2.57. The van der Waals surface area contributed by atoms with Gasteiger partial charge in [0.2, 0.25) is 5.91 Å². The first-order chi connectivity index (χ1) is 9.76. The molecule has 2 rings (SSSR count). The number of thioether (sulfide) groups is 1. The minimum Gasteiger partial charge on any atom is -0.396 e. The number of carbonyl (C=O) groups is 1. The molecule has 4 heteroatoms. The van der Waals surface area contributed by atoms with Gasteiger partial charge >= 0.3 is 0 Å². The van der Waals surface area contributed by atoms with Crippen molar-refractivity contribution in [2.24, 2.45) is 5.92 Å². The zero-order chi connectivity index (χ0) is 14.4. The molecule has 3 nitrogen and oxygen atoms in total. The topological polar surface area (TPSA) is 49.3 Å². The fraction of sp³-hybridized carbons (Fsp3) is 0.562. The highest BCUT2D eigenvalue weighted by molar-refractivity contribution is 7.98. The van der Waals surface area contributed by atoms with Gasteiger partial charge in [0.25, 0.3) is 0 Å². The summed E-state index contributed by atoms with van der Waals surface area (Å²) in [4.78, 5) is 12.6. The fourth-order valence-corrected chi connectivity index (χ4v) is 3.23. The summed E-state index contributed by atoms with van der Waals surface area (Å²) in [5.74, 6) is 1.42. The molecule has 2 atom stereocenters. The second-order valence-electron chi connectivity index (χ2n) is 5.40. The van der Waals surface area contributed by atoms with Crippen LogP contribution in [-0.4, -0.2) is 35.7 Å². The van der Waals surface area contributed by atoms with Crippen molar-refractivity contribution in [1.82, 2.24) is 5.32 Å². The van der Waals surface area contributed by atoms with Crippen LogP contribution in [0.25, 0.3) is 0 Å². The molecule has 2 N–H and O–H groups in total. The highest BCUT2D eigenvalue weighted by Crippen LogP contribution is 2.42. The average Bonchev–Trinajstić information content (AvgIpc) is 3.25. The molecule has 2 unspecified atom stereocenters. The van der Waals surface area contributed by atoms with Gasteiger partial charge in [0.1, 0.15) is 0 Å². The van der Waals surface area contributed by atoms with Crippen LogP contribution in [0.2, 0.25) is 0 Å². The Balaban J connectivity index is 2.04. The van der Waals surface area contributed by atoms with Crippen LogP contribution in [0.5, 0.6) is 0 Å². The molecule has 1 aromatic carbocycles. The first-order valence-electron chi connectivity index (χ1n) is 7.21. The quantitative estimate of drug-likeness (QED) is 0.774. The molecule has 1 saturated carbocycles. The van der Waals surface area contributed by atoms with E-state index in [4.69, 9.17) is 5.11 Å². The second kappa shape index (κ2) is 7.70. The maximum Gasteiger partial charge on any atom is 0.228 e. The van der Waals surface area contributed by atoms with Crippen molar-refractivity contribution < 1.29 is 9.90 Å². The first-order valence-corrected chi connectivity index (χ1v) is 8.60. The third-order valence-electron chi connectivity index (χ3n) is 3.73. The van der Waals surface area contributed by atoms with Crippen LogP contribution in [-0.2, 0) is 4.79 Å². The lowest BCUT2D eigenvalue weighted by Gasteiger charge is -2.22. The van der Waals surface area contributed by atoms with Crippen molar-refractivity contribution in [3.05, 3.63) is 35.9 Å². The lowest BCUT2D eigenvalue weighted by molar-refractivity contribution is -0.123. The number of benzene rings is 1. The largest absolute Gasteiger partial charge is 0.396 e. The normalized spacial score (nSPS) is 17.5. The standard InChI is InChI=1S/C16H23NO2S/c1-20-11-14(9-10-18)17-16(19)15(13-7-8-13)12-5-3-2-4-6-12/h2-6,13-15,18H,7-11H2,1H3,(H,17,19). The van der Waals surface area contributed by atoms with Crippen LogP contribution in [0.15, 0.2) is 30.3 Å². The van der Waals surface area contributed by atoms with Crippen molar-refractivity contribution in [3.63, 3.8) is 0 Å². The summed E-state index contributed by atoms with van der Waals surface area (Å²) >= 11 is 1.70. The predicted molar refractivity (Wildman–Crippen MR) is 83.9 cm³/mol. The Labute approximate surface area is 125 Å². The van der Waals surface area contributed by atoms with E-state index >= 15 is 0 Å². The van der Waals surface area contributed by atoms with Crippen LogP contribution in [0, 0.1) is 5.92 Å². The minimum atomic E-state index is -0.0285.